The van der Waals surface area contributed by atoms with Gasteiger partial charge in [-0.1, -0.05) is 13.8 Å². The minimum Gasteiger partial charge on any atom is -0.426 e. The quantitative estimate of drug-likeness (QED) is 0.706. The summed E-state index contributed by atoms with van der Waals surface area (Å²) >= 11 is 0. The molecule has 24 heavy (non-hydrogen) atoms. The van der Waals surface area contributed by atoms with Gasteiger partial charge in [-0.25, -0.2) is 4.79 Å². The first-order chi connectivity index (χ1) is 11.2. The number of fused-ring (bicyclic) bond motifs is 3. The molecule has 0 bridgehead atoms. The van der Waals surface area contributed by atoms with Crippen LogP contribution in [0.3, 0.4) is 0 Å². The number of aliphatic hydroxyl groups is 1. The molecule has 0 aromatic heterocycles. The number of nitrogens with one attached hydrogen (secondary N) is 1. The van der Waals surface area contributed by atoms with Crippen molar-refractivity contribution in [1.82, 2.24) is 5.32 Å². The third-order valence-corrected chi connectivity index (χ3v) is 7.44. The van der Waals surface area contributed by atoms with E-state index in [1.165, 1.54) is 0 Å². The number of hydrogen-bond donors (Lipinski definition) is 2. The van der Waals surface area contributed by atoms with E-state index in [2.05, 4.69) is 19.2 Å². The van der Waals surface area contributed by atoms with E-state index in [1.807, 2.05) is 7.05 Å². The highest BCUT2D eigenvalue weighted by atomic mass is 16.7. The van der Waals surface area contributed by atoms with Crippen molar-refractivity contribution >= 4 is 5.97 Å². The summed E-state index contributed by atoms with van der Waals surface area (Å²) in [4.78, 5) is 12.1. The summed E-state index contributed by atoms with van der Waals surface area (Å²) in [6, 6.07) is 0.100. The zero-order valence-corrected chi connectivity index (χ0v) is 14.9. The van der Waals surface area contributed by atoms with Crippen LogP contribution < -0.4 is 5.32 Å². The molecular weight excluding hydrogens is 310 g/mol. The number of carbonyl (C=O) groups excluding carboxylic acids is 1. The summed E-state index contributed by atoms with van der Waals surface area (Å²) in [5, 5.41) is 14.7. The molecule has 1 saturated heterocycles. The Bertz CT molecular complexity index is 625. The smallest absolute Gasteiger partial charge is 0.336 e. The molecule has 6 heteroatoms. The Hall–Kier alpha value is -0.950. The van der Waals surface area contributed by atoms with Gasteiger partial charge in [-0.3, -0.25) is 0 Å². The summed E-state index contributed by atoms with van der Waals surface area (Å²) in [7, 11) is 1.94. The second-order valence-electron chi connectivity index (χ2n) is 8.20. The molecule has 134 valence electrons. The molecule has 2 heterocycles. The average molecular weight is 337 g/mol. The van der Waals surface area contributed by atoms with Gasteiger partial charge in [0, 0.05) is 35.4 Å². The van der Waals surface area contributed by atoms with Gasteiger partial charge in [-0.15, -0.1) is 0 Å². The zero-order chi connectivity index (χ0) is 17.4. The van der Waals surface area contributed by atoms with E-state index in [1.54, 1.807) is 6.92 Å². The van der Waals surface area contributed by atoms with Crippen molar-refractivity contribution in [3.63, 3.8) is 0 Å². The SMILES string of the molecule is CN[C@H]1CC2=C(C)C(=O)OC2(O)C[C@]2(C)C3(CC[C@]12C)OCCO3. The maximum atomic E-state index is 12.1. The lowest BCUT2D eigenvalue weighted by atomic mass is 9.60. The van der Waals surface area contributed by atoms with Crippen LogP contribution in [-0.2, 0) is 19.0 Å². The molecule has 2 saturated carbocycles. The lowest BCUT2D eigenvalue weighted by molar-refractivity contribution is -0.267. The largest absolute Gasteiger partial charge is 0.426 e. The predicted octanol–water partition coefficient (Wildman–Crippen LogP) is 1.48. The van der Waals surface area contributed by atoms with Crippen molar-refractivity contribution < 1.29 is 24.1 Å². The van der Waals surface area contributed by atoms with Crippen LogP contribution in [-0.4, -0.2) is 49.0 Å². The average Bonchev–Trinajstić information content (AvgIpc) is 3.12. The van der Waals surface area contributed by atoms with Crippen molar-refractivity contribution in [2.75, 3.05) is 20.3 Å². The molecule has 6 nitrogen and oxygen atoms in total. The van der Waals surface area contributed by atoms with Gasteiger partial charge < -0.3 is 24.6 Å². The highest BCUT2D eigenvalue weighted by Crippen LogP contribution is 2.68. The molecule has 1 unspecified atom stereocenters. The Kier molecular flexibility index (Phi) is 3.31. The van der Waals surface area contributed by atoms with Crippen molar-refractivity contribution in [3.8, 4) is 0 Å². The van der Waals surface area contributed by atoms with Crippen molar-refractivity contribution in [2.45, 2.75) is 64.1 Å². The van der Waals surface area contributed by atoms with Crippen LogP contribution in [0.25, 0.3) is 0 Å². The fourth-order valence-corrected chi connectivity index (χ4v) is 5.72. The molecule has 0 amide bonds. The second-order valence-corrected chi connectivity index (χ2v) is 8.20. The first-order valence-electron chi connectivity index (χ1n) is 8.82. The number of carbonyl (C=O) groups is 1. The summed E-state index contributed by atoms with van der Waals surface area (Å²) in [6.45, 7) is 7.24. The van der Waals surface area contributed by atoms with Crippen LogP contribution >= 0.6 is 0 Å². The van der Waals surface area contributed by atoms with E-state index in [9.17, 15) is 9.90 Å². The van der Waals surface area contributed by atoms with Crippen molar-refractivity contribution in [2.24, 2.45) is 10.8 Å². The first-order valence-corrected chi connectivity index (χ1v) is 8.82. The highest BCUT2D eigenvalue weighted by Gasteiger charge is 2.72. The molecule has 2 aliphatic carbocycles. The molecule has 4 atom stereocenters. The molecule has 3 fully saturated rings. The third kappa shape index (κ3) is 1.72. The van der Waals surface area contributed by atoms with Gasteiger partial charge >= 0.3 is 5.97 Å². The van der Waals surface area contributed by atoms with Crippen LogP contribution in [0.4, 0.5) is 0 Å². The maximum Gasteiger partial charge on any atom is 0.336 e. The van der Waals surface area contributed by atoms with Gasteiger partial charge in [0.15, 0.2) is 5.79 Å². The van der Waals surface area contributed by atoms with Crippen molar-refractivity contribution in [1.29, 1.82) is 0 Å². The number of ether oxygens (including phenoxy) is 3. The van der Waals surface area contributed by atoms with Gasteiger partial charge in [0.1, 0.15) is 0 Å². The molecule has 0 radical (unpaired) electrons. The van der Waals surface area contributed by atoms with E-state index in [0.29, 0.717) is 37.2 Å². The molecule has 1 spiro atoms. The second kappa shape index (κ2) is 4.81. The minimum atomic E-state index is -1.56. The van der Waals surface area contributed by atoms with Gasteiger partial charge in [-0.05, 0) is 32.2 Å². The fraction of sp³-hybridized carbons (Fsp3) is 0.833. The van der Waals surface area contributed by atoms with Gasteiger partial charge in [0.05, 0.1) is 13.2 Å². The van der Waals surface area contributed by atoms with Gasteiger partial charge in [-0.2, -0.15) is 0 Å². The molecule has 2 aliphatic heterocycles. The van der Waals surface area contributed by atoms with Crippen LogP contribution in [0.15, 0.2) is 11.1 Å². The van der Waals surface area contributed by atoms with Crippen molar-refractivity contribution in [3.05, 3.63) is 11.1 Å². The van der Waals surface area contributed by atoms with E-state index in [4.69, 9.17) is 14.2 Å². The number of rotatable bonds is 1. The Balaban J connectivity index is 1.89. The Morgan fingerprint density at radius 1 is 1.21 bits per heavy atom. The highest BCUT2D eigenvalue weighted by molar-refractivity contribution is 5.92. The lowest BCUT2D eigenvalue weighted by Crippen LogP contribution is -2.57. The van der Waals surface area contributed by atoms with Gasteiger partial charge in [0.2, 0.25) is 5.79 Å². The topological polar surface area (TPSA) is 77.0 Å². The fourth-order valence-electron chi connectivity index (χ4n) is 5.72. The summed E-state index contributed by atoms with van der Waals surface area (Å²) in [5.41, 5.74) is 0.612. The Morgan fingerprint density at radius 3 is 2.50 bits per heavy atom. The number of esters is 1. The summed E-state index contributed by atoms with van der Waals surface area (Å²) in [6.07, 6.45) is 2.62. The molecule has 4 rings (SSSR count). The lowest BCUT2D eigenvalue weighted by Gasteiger charge is -2.51. The standard InChI is InChI=1S/C18H27NO5/c1-11-12-9-13(19-4)15(2)5-6-18(22-7-8-23-18)16(15,3)10-17(12,21)24-14(11)20/h13,19,21H,5-10H2,1-4H3/t13-,15+,16-,17?/m0/s1. The zero-order valence-electron chi connectivity index (χ0n) is 14.9. The minimum absolute atomic E-state index is 0.100. The molecule has 0 aromatic carbocycles. The predicted molar refractivity (Wildman–Crippen MR) is 85.9 cm³/mol. The van der Waals surface area contributed by atoms with E-state index in [0.717, 1.165) is 12.8 Å². The van der Waals surface area contributed by atoms with E-state index in [-0.39, 0.29) is 11.5 Å². The summed E-state index contributed by atoms with van der Waals surface area (Å²) < 4.78 is 17.7. The Morgan fingerprint density at radius 2 is 1.88 bits per heavy atom. The van der Waals surface area contributed by atoms with Crippen LogP contribution in [0.1, 0.15) is 46.5 Å². The molecule has 4 aliphatic rings. The first kappa shape index (κ1) is 16.5. The summed E-state index contributed by atoms with van der Waals surface area (Å²) in [5.74, 6) is -2.70. The monoisotopic (exact) mass is 337 g/mol. The number of hydrogen-bond acceptors (Lipinski definition) is 6. The maximum absolute atomic E-state index is 12.1. The van der Waals surface area contributed by atoms with Crippen LogP contribution in [0.2, 0.25) is 0 Å². The van der Waals surface area contributed by atoms with Crippen LogP contribution in [0.5, 0.6) is 0 Å². The third-order valence-electron chi connectivity index (χ3n) is 7.44. The van der Waals surface area contributed by atoms with Gasteiger partial charge in [0.25, 0.3) is 0 Å². The van der Waals surface area contributed by atoms with Crippen LogP contribution in [0, 0.1) is 10.8 Å². The normalized spacial score (nSPS) is 46.9. The molecular formula is C18H27NO5. The van der Waals surface area contributed by atoms with E-state index >= 15 is 0 Å². The Labute approximate surface area is 142 Å². The van der Waals surface area contributed by atoms with E-state index < -0.39 is 23.0 Å². The molecule has 2 N–H and O–H groups in total. The molecule has 0 aromatic rings.